The van der Waals surface area contributed by atoms with Gasteiger partial charge >= 0.3 is 6.18 Å². The molecule has 3 rings (SSSR count). The van der Waals surface area contributed by atoms with E-state index < -0.39 is 71.3 Å². The molecular weight excluding hydrogens is 646 g/mol. The zero-order chi connectivity index (χ0) is 34.9. The number of aliphatic hydroxyl groups is 1. The summed E-state index contributed by atoms with van der Waals surface area (Å²) in [4.78, 5) is 29.1. The fourth-order valence-corrected chi connectivity index (χ4v) is 6.14. The Bertz CT molecular complexity index is 1460. The van der Waals surface area contributed by atoms with Crippen molar-refractivity contribution < 1.29 is 50.1 Å². The first-order chi connectivity index (χ1) is 22.0. The molecule has 0 spiro atoms. The Morgan fingerprint density at radius 3 is 2.47 bits per heavy atom. The second kappa shape index (κ2) is 16.6. The summed E-state index contributed by atoms with van der Waals surface area (Å²) in [5.74, 6) is -2.11. The van der Waals surface area contributed by atoms with Gasteiger partial charge in [0, 0.05) is 44.8 Å². The number of fused-ring (bicyclic) bond motifs is 1. The number of alkyl halides is 3. The molecule has 0 saturated heterocycles. The number of nitrogens with zero attached hydrogens (tertiary/aromatic N) is 2. The van der Waals surface area contributed by atoms with Gasteiger partial charge in [-0.1, -0.05) is 6.92 Å². The van der Waals surface area contributed by atoms with Crippen LogP contribution in [0.2, 0.25) is 0 Å². The van der Waals surface area contributed by atoms with Crippen LogP contribution >= 0.6 is 0 Å². The molecule has 1 aliphatic rings. The van der Waals surface area contributed by atoms with Crippen LogP contribution in [0.3, 0.4) is 0 Å². The number of amides is 2. The molecule has 0 fully saturated rings. The van der Waals surface area contributed by atoms with Gasteiger partial charge in [0.05, 0.1) is 41.7 Å². The Hall–Kier alpha value is -3.43. The van der Waals surface area contributed by atoms with Crippen LogP contribution in [-0.2, 0) is 19.6 Å². The Morgan fingerprint density at radius 1 is 1.15 bits per heavy atom. The molecule has 2 aromatic rings. The summed E-state index contributed by atoms with van der Waals surface area (Å²) in [5, 5.41) is 10.1. The molecule has 4 atom stereocenters. The van der Waals surface area contributed by atoms with Crippen molar-refractivity contribution in [3.05, 3.63) is 53.8 Å². The first-order valence-electron chi connectivity index (χ1n) is 15.4. The number of benzene rings is 2. The van der Waals surface area contributed by atoms with Crippen molar-refractivity contribution in [2.75, 3.05) is 38.1 Å². The number of anilines is 1. The van der Waals surface area contributed by atoms with E-state index in [1.807, 2.05) is 6.92 Å². The molecule has 0 unspecified atom stereocenters. The van der Waals surface area contributed by atoms with Gasteiger partial charge in [-0.05, 0) is 75.6 Å². The van der Waals surface area contributed by atoms with E-state index in [-0.39, 0.29) is 41.1 Å². The van der Waals surface area contributed by atoms with Crippen LogP contribution in [0.5, 0.6) is 5.75 Å². The van der Waals surface area contributed by atoms with Crippen molar-refractivity contribution in [3.8, 4) is 5.75 Å². The van der Waals surface area contributed by atoms with Crippen molar-refractivity contribution >= 4 is 27.5 Å². The zero-order valence-electron chi connectivity index (χ0n) is 26.9. The Labute approximate surface area is 273 Å². The molecule has 10 nitrogen and oxygen atoms in total. The molecule has 0 bridgehead atoms. The van der Waals surface area contributed by atoms with Crippen molar-refractivity contribution in [2.24, 2.45) is 5.92 Å². The number of aliphatic hydroxyl groups excluding tert-OH is 1. The van der Waals surface area contributed by atoms with E-state index in [1.54, 1.807) is 13.8 Å². The summed E-state index contributed by atoms with van der Waals surface area (Å²) in [6, 6.07) is 7.79. The number of rotatable bonds is 9. The monoisotopic (exact) mass is 689 g/mol. The van der Waals surface area contributed by atoms with Gasteiger partial charge in [-0.25, -0.2) is 12.8 Å². The van der Waals surface area contributed by atoms with E-state index in [9.17, 15) is 40.7 Å². The summed E-state index contributed by atoms with van der Waals surface area (Å²) < 4.78 is 92.3. The van der Waals surface area contributed by atoms with Gasteiger partial charge in [-0.2, -0.15) is 13.2 Å². The zero-order valence-corrected chi connectivity index (χ0v) is 27.7. The fourth-order valence-electron chi connectivity index (χ4n) is 5.09. The smallest absolute Gasteiger partial charge is 0.389 e. The van der Waals surface area contributed by atoms with Gasteiger partial charge in [0.15, 0.2) is 0 Å². The number of carbonyl (C=O) groups is 2. The van der Waals surface area contributed by atoms with Crippen LogP contribution in [0.1, 0.15) is 63.2 Å². The quantitative estimate of drug-likeness (QED) is 0.346. The molecule has 2 aromatic carbocycles. The molecule has 0 saturated carbocycles. The Balaban J connectivity index is 1.95. The van der Waals surface area contributed by atoms with Crippen molar-refractivity contribution in [3.63, 3.8) is 0 Å². The van der Waals surface area contributed by atoms with E-state index in [2.05, 4.69) is 4.72 Å². The van der Waals surface area contributed by atoms with E-state index in [0.29, 0.717) is 25.9 Å². The molecule has 15 heteroatoms. The molecule has 1 aliphatic heterocycles. The third-order valence-electron chi connectivity index (χ3n) is 7.93. The maximum absolute atomic E-state index is 14.2. The molecule has 2 N–H and O–H groups in total. The molecule has 1 heterocycles. The number of sulfonamides is 1. The highest BCUT2D eigenvalue weighted by Gasteiger charge is 2.32. The lowest BCUT2D eigenvalue weighted by Gasteiger charge is -2.36. The maximum atomic E-state index is 14.2. The number of hydrogen-bond acceptors (Lipinski definition) is 7. The molecule has 0 aliphatic carbocycles. The predicted molar refractivity (Wildman–Crippen MR) is 167 cm³/mol. The van der Waals surface area contributed by atoms with Crippen LogP contribution in [0.4, 0.5) is 23.2 Å². The van der Waals surface area contributed by atoms with E-state index in [4.69, 9.17) is 9.47 Å². The molecule has 0 radical (unpaired) electrons. The third-order valence-corrected chi connectivity index (χ3v) is 9.33. The average Bonchev–Trinajstić information content (AvgIpc) is 3.00. The van der Waals surface area contributed by atoms with Crippen LogP contribution < -0.4 is 9.46 Å². The van der Waals surface area contributed by atoms with Crippen LogP contribution in [0.25, 0.3) is 0 Å². The second-order valence-corrected chi connectivity index (χ2v) is 13.6. The highest BCUT2D eigenvalue weighted by molar-refractivity contribution is 7.92. The lowest BCUT2D eigenvalue weighted by Crippen LogP contribution is -2.48. The minimum absolute atomic E-state index is 0.0151. The number of nitrogens with one attached hydrogen (secondary N) is 1. The van der Waals surface area contributed by atoms with Crippen molar-refractivity contribution in [2.45, 2.75) is 82.2 Å². The minimum Gasteiger partial charge on any atom is -0.490 e. The van der Waals surface area contributed by atoms with Crippen molar-refractivity contribution in [1.82, 2.24) is 9.80 Å². The SMILES string of the molecule is C[C@@H]1CN([C@@H](C)CO)C(=O)c2cc(NS(=O)(=O)c3ccc(F)cc3)ccc2O[C@@H](C)CCCCO[C@@H]1CN(C)C(=O)CCC(F)(F)F. The Morgan fingerprint density at radius 2 is 1.83 bits per heavy atom. The van der Waals surface area contributed by atoms with Gasteiger partial charge < -0.3 is 24.4 Å². The van der Waals surface area contributed by atoms with E-state index in [1.165, 1.54) is 35.0 Å². The Kier molecular flexibility index (Phi) is 13.4. The first-order valence-corrected chi connectivity index (χ1v) is 16.9. The van der Waals surface area contributed by atoms with E-state index >= 15 is 0 Å². The molecule has 262 valence electrons. The van der Waals surface area contributed by atoms with Gasteiger partial charge in [0.25, 0.3) is 15.9 Å². The van der Waals surface area contributed by atoms with Gasteiger partial charge in [-0.15, -0.1) is 0 Å². The lowest BCUT2D eigenvalue weighted by molar-refractivity contribution is -0.149. The highest BCUT2D eigenvalue weighted by atomic mass is 32.2. The topological polar surface area (TPSA) is 125 Å². The third kappa shape index (κ3) is 11.4. The van der Waals surface area contributed by atoms with Crippen LogP contribution in [0, 0.1) is 11.7 Å². The van der Waals surface area contributed by atoms with Crippen molar-refractivity contribution in [1.29, 1.82) is 0 Å². The second-order valence-electron chi connectivity index (χ2n) is 12.0. The number of halogens is 4. The van der Waals surface area contributed by atoms with Gasteiger partial charge in [0.2, 0.25) is 5.91 Å². The van der Waals surface area contributed by atoms with Crippen LogP contribution in [-0.4, -0.2) is 92.9 Å². The highest BCUT2D eigenvalue weighted by Crippen LogP contribution is 2.30. The summed E-state index contributed by atoms with van der Waals surface area (Å²) in [6.45, 7) is 5.14. The van der Waals surface area contributed by atoms with Gasteiger partial charge in [-0.3, -0.25) is 14.3 Å². The number of carbonyl (C=O) groups excluding carboxylic acids is 2. The summed E-state index contributed by atoms with van der Waals surface area (Å²) in [7, 11) is -2.74. The number of likely N-dealkylation sites (N-methyl/N-ethyl adjacent to an activating group) is 1. The lowest BCUT2D eigenvalue weighted by atomic mass is 10.0. The largest absolute Gasteiger partial charge is 0.490 e. The summed E-state index contributed by atoms with van der Waals surface area (Å²) >= 11 is 0. The molecular formula is C32H43F4N3O7S. The molecule has 0 aromatic heterocycles. The fraction of sp³-hybridized carbons (Fsp3) is 0.562. The van der Waals surface area contributed by atoms with E-state index in [0.717, 1.165) is 24.3 Å². The number of ether oxygens (including phenoxy) is 2. The standard InChI is InChI=1S/C32H43F4N3O7S/c1-21-18-39(22(2)20-40)31(42)27-17-25(37-47(43,44)26-11-8-24(33)9-12-26)10-13-28(27)46-23(3)7-5-6-16-45-29(21)19-38(4)30(41)14-15-32(34,35)36/h8-13,17,21-23,29,37,40H,5-7,14-16,18-20H2,1-4H3/t21-,22+,23+,29-/m1/s1. The summed E-state index contributed by atoms with van der Waals surface area (Å²) in [6.07, 6.45) is -5.50. The maximum Gasteiger partial charge on any atom is 0.389 e. The van der Waals surface area contributed by atoms with Gasteiger partial charge in [0.1, 0.15) is 11.6 Å². The average molecular weight is 690 g/mol. The predicted octanol–water partition coefficient (Wildman–Crippen LogP) is 5.22. The minimum atomic E-state index is -4.47. The number of hydrogen-bond donors (Lipinski definition) is 2. The first kappa shape index (κ1) is 38.0. The van der Waals surface area contributed by atoms with Crippen LogP contribution in [0.15, 0.2) is 47.4 Å². The molecule has 47 heavy (non-hydrogen) atoms. The normalized spacial score (nSPS) is 20.8. The summed E-state index contributed by atoms with van der Waals surface area (Å²) in [5.41, 5.74) is 0.0706. The molecule has 2 amide bonds.